The first-order valence-electron chi connectivity index (χ1n) is 6.59. The second kappa shape index (κ2) is 5.85. The predicted octanol–water partition coefficient (Wildman–Crippen LogP) is 2.88. The minimum absolute atomic E-state index is 0.000628. The molecule has 0 unspecified atom stereocenters. The van der Waals surface area contributed by atoms with Crippen LogP contribution in [-0.4, -0.2) is 29.6 Å². The van der Waals surface area contributed by atoms with Crippen molar-refractivity contribution in [3.8, 4) is 5.75 Å². The van der Waals surface area contributed by atoms with Crippen molar-refractivity contribution in [1.29, 1.82) is 0 Å². The Hall–Kier alpha value is -2.27. The van der Waals surface area contributed by atoms with Gasteiger partial charge in [0.1, 0.15) is 11.3 Å². The number of carbonyl (C=O) groups is 2. The number of benzene rings is 2. The molecule has 0 aliphatic carbocycles. The van der Waals surface area contributed by atoms with Crippen molar-refractivity contribution in [3.63, 3.8) is 0 Å². The molecular weight excluding hydrogens is 306 g/mol. The number of rotatable bonds is 3. The number of ether oxygens (including phenoxy) is 1. The van der Waals surface area contributed by atoms with E-state index in [4.69, 9.17) is 11.6 Å². The van der Waals surface area contributed by atoms with Crippen LogP contribution in [0.1, 0.15) is 24.2 Å². The van der Waals surface area contributed by atoms with E-state index in [9.17, 15) is 14.7 Å². The van der Waals surface area contributed by atoms with Crippen LogP contribution in [0.5, 0.6) is 5.75 Å². The van der Waals surface area contributed by atoms with Crippen molar-refractivity contribution in [3.05, 3.63) is 40.9 Å². The van der Waals surface area contributed by atoms with E-state index in [0.717, 1.165) is 0 Å². The van der Waals surface area contributed by atoms with E-state index in [2.05, 4.69) is 10.1 Å². The fraction of sp³-hybridized carbons (Fsp3) is 0.250. The smallest absolute Gasteiger partial charge is 0.330 e. The van der Waals surface area contributed by atoms with Gasteiger partial charge in [0.25, 0.3) is 5.91 Å². The van der Waals surface area contributed by atoms with Gasteiger partial charge in [-0.1, -0.05) is 35.9 Å². The molecule has 2 N–H and O–H groups in total. The third-order valence-electron chi connectivity index (χ3n) is 3.33. The molecule has 2 aromatic rings. The summed E-state index contributed by atoms with van der Waals surface area (Å²) in [5.74, 6) is -1.38. The third-order valence-corrected chi connectivity index (χ3v) is 3.64. The summed E-state index contributed by atoms with van der Waals surface area (Å²) >= 11 is 6.16. The van der Waals surface area contributed by atoms with Crippen molar-refractivity contribution in [2.75, 3.05) is 7.11 Å². The van der Waals surface area contributed by atoms with Gasteiger partial charge in [0.15, 0.2) is 0 Å². The first-order chi connectivity index (χ1) is 10.3. The van der Waals surface area contributed by atoms with Crippen molar-refractivity contribution >= 4 is 34.2 Å². The van der Waals surface area contributed by atoms with Crippen LogP contribution in [-0.2, 0) is 9.53 Å². The zero-order valence-corrected chi connectivity index (χ0v) is 13.2. The summed E-state index contributed by atoms with van der Waals surface area (Å²) in [6.07, 6.45) is 0. The molecule has 0 aliphatic rings. The summed E-state index contributed by atoms with van der Waals surface area (Å²) in [7, 11) is 1.24. The van der Waals surface area contributed by atoms with E-state index >= 15 is 0 Å². The maximum atomic E-state index is 12.4. The molecule has 0 saturated heterocycles. The molecule has 0 aliphatic heterocycles. The Kier molecular flexibility index (Phi) is 4.28. The Morgan fingerprint density at radius 3 is 2.41 bits per heavy atom. The monoisotopic (exact) mass is 321 g/mol. The lowest BCUT2D eigenvalue weighted by atomic mass is 10.0. The lowest BCUT2D eigenvalue weighted by molar-refractivity contribution is -0.146. The van der Waals surface area contributed by atoms with Crippen molar-refractivity contribution < 1.29 is 19.4 Å². The topological polar surface area (TPSA) is 75.6 Å². The molecule has 2 aromatic carbocycles. The normalized spacial score (nSPS) is 11.3. The molecule has 5 nitrogen and oxygen atoms in total. The average molecular weight is 322 g/mol. The van der Waals surface area contributed by atoms with Gasteiger partial charge in [0, 0.05) is 15.8 Å². The van der Waals surface area contributed by atoms with Gasteiger partial charge in [0.2, 0.25) is 0 Å². The highest BCUT2D eigenvalue weighted by molar-refractivity contribution is 6.36. The largest absolute Gasteiger partial charge is 0.506 e. The van der Waals surface area contributed by atoms with Gasteiger partial charge in [0.05, 0.1) is 12.7 Å². The van der Waals surface area contributed by atoms with Gasteiger partial charge >= 0.3 is 5.97 Å². The molecule has 116 valence electrons. The minimum atomic E-state index is -1.23. The Bertz CT molecular complexity index is 755. The van der Waals surface area contributed by atoms with Crippen LogP contribution in [0, 0.1) is 0 Å². The molecule has 22 heavy (non-hydrogen) atoms. The van der Waals surface area contributed by atoms with Gasteiger partial charge in [-0.2, -0.15) is 0 Å². The fourth-order valence-electron chi connectivity index (χ4n) is 2.15. The number of methoxy groups -OCH3 is 1. The van der Waals surface area contributed by atoms with Gasteiger partial charge in [-0.15, -0.1) is 0 Å². The molecule has 0 fully saturated rings. The molecule has 2 rings (SSSR count). The van der Waals surface area contributed by atoms with Crippen LogP contribution >= 0.6 is 11.6 Å². The molecule has 1 amide bonds. The maximum absolute atomic E-state index is 12.4. The van der Waals surface area contributed by atoms with Gasteiger partial charge in [-0.05, 0) is 19.9 Å². The average Bonchev–Trinajstić information content (AvgIpc) is 2.49. The van der Waals surface area contributed by atoms with Crippen molar-refractivity contribution in [2.24, 2.45) is 0 Å². The number of nitrogens with one attached hydrogen (secondary N) is 1. The van der Waals surface area contributed by atoms with E-state index in [1.807, 2.05) is 0 Å². The Morgan fingerprint density at radius 1 is 1.23 bits per heavy atom. The Morgan fingerprint density at radius 2 is 1.82 bits per heavy atom. The van der Waals surface area contributed by atoms with Crippen molar-refractivity contribution in [2.45, 2.75) is 19.4 Å². The standard InChI is InChI=1S/C16H16ClNO4/c1-16(2,15(21)22-3)18-14(20)11-8-12(17)9-6-4-5-7-10(9)13(11)19/h4-8,19H,1-3H3,(H,18,20). The lowest BCUT2D eigenvalue weighted by Crippen LogP contribution is -2.50. The van der Waals surface area contributed by atoms with Gasteiger partial charge < -0.3 is 15.2 Å². The Labute approximate surface area is 132 Å². The van der Waals surface area contributed by atoms with E-state index in [0.29, 0.717) is 15.8 Å². The van der Waals surface area contributed by atoms with E-state index < -0.39 is 17.4 Å². The highest BCUT2D eigenvalue weighted by Crippen LogP contribution is 2.34. The second-order valence-electron chi connectivity index (χ2n) is 5.37. The first kappa shape index (κ1) is 16.1. The number of fused-ring (bicyclic) bond motifs is 1. The van der Waals surface area contributed by atoms with E-state index in [1.165, 1.54) is 27.0 Å². The predicted molar refractivity (Wildman–Crippen MR) is 84.2 cm³/mol. The van der Waals surface area contributed by atoms with Crippen LogP contribution in [0.25, 0.3) is 10.8 Å². The third kappa shape index (κ3) is 2.85. The molecule has 0 spiro atoms. The SMILES string of the molecule is COC(=O)C(C)(C)NC(=O)c1cc(Cl)c2ccccc2c1O. The van der Waals surface area contributed by atoms with E-state index in [-0.39, 0.29) is 11.3 Å². The molecule has 0 heterocycles. The number of hydrogen-bond acceptors (Lipinski definition) is 4. The quantitative estimate of drug-likeness (QED) is 0.852. The maximum Gasteiger partial charge on any atom is 0.330 e. The van der Waals surface area contributed by atoms with Crippen LogP contribution in [0.4, 0.5) is 0 Å². The number of phenolic OH excluding ortho intramolecular Hbond substituents is 1. The lowest BCUT2D eigenvalue weighted by Gasteiger charge is -2.23. The van der Waals surface area contributed by atoms with Gasteiger partial charge in [-0.3, -0.25) is 4.79 Å². The minimum Gasteiger partial charge on any atom is -0.506 e. The van der Waals surface area contributed by atoms with Crippen LogP contribution < -0.4 is 5.32 Å². The summed E-state index contributed by atoms with van der Waals surface area (Å²) < 4.78 is 4.63. The molecule has 0 aromatic heterocycles. The van der Waals surface area contributed by atoms with Gasteiger partial charge in [-0.25, -0.2) is 4.79 Å². The van der Waals surface area contributed by atoms with Crippen LogP contribution in [0.3, 0.4) is 0 Å². The summed E-state index contributed by atoms with van der Waals surface area (Å²) in [4.78, 5) is 24.0. The number of amides is 1. The number of hydrogen-bond donors (Lipinski definition) is 2. The number of aromatic hydroxyl groups is 1. The Balaban J connectivity index is 2.45. The molecular formula is C16H16ClNO4. The highest BCUT2D eigenvalue weighted by Gasteiger charge is 2.31. The number of halogens is 1. The fourth-order valence-corrected chi connectivity index (χ4v) is 2.42. The summed E-state index contributed by atoms with van der Waals surface area (Å²) in [6.45, 7) is 3.02. The molecule has 0 radical (unpaired) electrons. The summed E-state index contributed by atoms with van der Waals surface area (Å²) in [5, 5.41) is 14.3. The zero-order valence-electron chi connectivity index (χ0n) is 12.4. The second-order valence-corrected chi connectivity index (χ2v) is 5.78. The molecule has 0 bridgehead atoms. The van der Waals surface area contributed by atoms with Crippen LogP contribution in [0.2, 0.25) is 5.02 Å². The van der Waals surface area contributed by atoms with Crippen molar-refractivity contribution in [1.82, 2.24) is 5.32 Å². The molecule has 6 heteroatoms. The van der Waals surface area contributed by atoms with Crippen LogP contribution in [0.15, 0.2) is 30.3 Å². The zero-order chi connectivity index (χ0) is 16.5. The molecule has 0 saturated carbocycles. The highest BCUT2D eigenvalue weighted by atomic mass is 35.5. The number of carbonyl (C=O) groups excluding carboxylic acids is 2. The first-order valence-corrected chi connectivity index (χ1v) is 6.97. The summed E-state index contributed by atoms with van der Waals surface area (Å²) in [5.41, 5.74) is -1.23. The summed E-state index contributed by atoms with van der Waals surface area (Å²) in [6, 6.07) is 8.31. The number of esters is 1. The van der Waals surface area contributed by atoms with E-state index in [1.54, 1.807) is 24.3 Å². The number of phenols is 1. The molecule has 0 atom stereocenters.